The van der Waals surface area contributed by atoms with Crippen molar-refractivity contribution in [2.75, 3.05) is 52.6 Å². The summed E-state index contributed by atoms with van der Waals surface area (Å²) < 4.78 is 1.06. The minimum atomic E-state index is -1.08. The van der Waals surface area contributed by atoms with E-state index < -0.39 is 24.0 Å². The number of carboxylic acids is 2. The molecule has 5 amide bonds. The van der Waals surface area contributed by atoms with Crippen LogP contribution < -0.4 is 10.6 Å². The molecule has 0 radical (unpaired) electrons. The van der Waals surface area contributed by atoms with Crippen LogP contribution in [0.15, 0.2) is 0 Å². The Morgan fingerprint density at radius 3 is 1.06 bits per heavy atom. The molecular weight excluding hydrogens is 955 g/mol. The SMILES string of the molecule is O=C(CI)N1CCCCC1.O=C(O)CC(NC(=O)CI)C(=O)N1CCCCC1.O=C(O)CC(NC(=O)CI)C(=O)N1CCCCCC1. The summed E-state index contributed by atoms with van der Waals surface area (Å²) in [7, 11) is 0. The maximum atomic E-state index is 12.3. The number of rotatable bonds is 11. The molecule has 47 heavy (non-hydrogen) atoms. The van der Waals surface area contributed by atoms with Gasteiger partial charge in [0.1, 0.15) is 12.1 Å². The second-order valence-corrected chi connectivity index (χ2v) is 13.7. The van der Waals surface area contributed by atoms with Crippen LogP contribution >= 0.6 is 67.8 Å². The van der Waals surface area contributed by atoms with Crippen LogP contribution in [0, 0.1) is 0 Å². The first-order valence-electron chi connectivity index (χ1n) is 16.0. The van der Waals surface area contributed by atoms with Crippen molar-refractivity contribution in [3.63, 3.8) is 0 Å². The number of amides is 5. The molecule has 17 heteroatoms. The molecule has 0 spiro atoms. The number of hydrogen-bond acceptors (Lipinski definition) is 7. The van der Waals surface area contributed by atoms with Crippen molar-refractivity contribution in [1.82, 2.24) is 25.3 Å². The highest BCUT2D eigenvalue weighted by Crippen LogP contribution is 2.13. The zero-order valence-electron chi connectivity index (χ0n) is 26.7. The average Bonchev–Trinajstić information content (AvgIpc) is 3.37. The van der Waals surface area contributed by atoms with E-state index in [9.17, 15) is 33.6 Å². The van der Waals surface area contributed by atoms with Crippen LogP contribution in [0.2, 0.25) is 0 Å². The van der Waals surface area contributed by atoms with Crippen LogP contribution in [-0.2, 0) is 33.6 Å². The molecule has 0 aromatic rings. The van der Waals surface area contributed by atoms with Crippen molar-refractivity contribution in [3.8, 4) is 0 Å². The lowest BCUT2D eigenvalue weighted by atomic mass is 10.1. The second-order valence-electron chi connectivity index (χ2n) is 11.4. The van der Waals surface area contributed by atoms with E-state index in [0.717, 1.165) is 58.0 Å². The number of nitrogens with zero attached hydrogens (tertiary/aromatic N) is 3. The first kappa shape index (κ1) is 43.5. The number of alkyl halides is 3. The summed E-state index contributed by atoms with van der Waals surface area (Å²) in [5, 5.41) is 22.6. The van der Waals surface area contributed by atoms with E-state index in [1.807, 2.05) is 50.1 Å². The standard InChI is InChI=1S/C12H19IN2O4.C11H17IN2O4.C7H12INO/c13-8-10(16)14-9(7-11(17)18)12(19)15-5-3-1-2-4-6-15;12-7-9(15)13-8(6-10(16)17)11(18)14-4-2-1-3-5-14;8-6-7(10)9-4-2-1-3-5-9/h9H,1-8H2,(H,14,16)(H,17,18);8H,1-7H2,(H,13,15)(H,16,17);1-6H2. The topological polar surface area (TPSA) is 194 Å². The number of carbonyl (C=O) groups excluding carboxylic acids is 5. The molecule has 0 aromatic carbocycles. The third-order valence-electron chi connectivity index (χ3n) is 7.68. The molecule has 0 aromatic heterocycles. The van der Waals surface area contributed by atoms with Gasteiger partial charge in [0.15, 0.2) is 0 Å². The van der Waals surface area contributed by atoms with E-state index in [1.165, 1.54) is 19.3 Å². The van der Waals surface area contributed by atoms with Crippen molar-refractivity contribution in [2.24, 2.45) is 0 Å². The van der Waals surface area contributed by atoms with Gasteiger partial charge in [0, 0.05) is 39.3 Å². The van der Waals surface area contributed by atoms with Crippen molar-refractivity contribution in [2.45, 2.75) is 89.1 Å². The van der Waals surface area contributed by atoms with Crippen LogP contribution in [-0.4, -0.2) is 131 Å². The molecule has 0 bridgehead atoms. The number of piperidine rings is 2. The fourth-order valence-corrected chi connectivity index (χ4v) is 6.21. The predicted molar refractivity (Wildman–Crippen MR) is 201 cm³/mol. The van der Waals surface area contributed by atoms with E-state index in [2.05, 4.69) is 33.2 Å². The summed E-state index contributed by atoms with van der Waals surface area (Å²) in [4.78, 5) is 85.0. The number of halogens is 3. The minimum Gasteiger partial charge on any atom is -0.481 e. The Bertz CT molecular complexity index is 1030. The Balaban J connectivity index is 0.000000369. The van der Waals surface area contributed by atoms with Gasteiger partial charge in [-0.15, -0.1) is 0 Å². The van der Waals surface area contributed by atoms with Crippen LogP contribution in [0.4, 0.5) is 0 Å². The van der Waals surface area contributed by atoms with Crippen molar-refractivity contribution < 1.29 is 43.8 Å². The molecule has 14 nitrogen and oxygen atoms in total. The van der Waals surface area contributed by atoms with Gasteiger partial charge in [-0.1, -0.05) is 80.6 Å². The van der Waals surface area contributed by atoms with Crippen molar-refractivity contribution >= 4 is 109 Å². The van der Waals surface area contributed by atoms with Crippen LogP contribution in [0.1, 0.15) is 77.0 Å². The molecule has 3 fully saturated rings. The molecule has 3 saturated heterocycles. The molecule has 3 aliphatic rings. The Hall–Kier alpha value is -1.52. The average molecular weight is 1000 g/mol. The smallest absolute Gasteiger partial charge is 0.305 e. The Kier molecular flexibility index (Phi) is 23.6. The summed E-state index contributed by atoms with van der Waals surface area (Å²) in [6.07, 6.45) is 9.98. The highest BCUT2D eigenvalue weighted by molar-refractivity contribution is 14.1. The maximum absolute atomic E-state index is 12.3. The summed E-state index contributed by atoms with van der Waals surface area (Å²) in [6, 6.07) is -1.89. The van der Waals surface area contributed by atoms with Gasteiger partial charge in [-0.05, 0) is 51.4 Å². The van der Waals surface area contributed by atoms with Gasteiger partial charge in [0.25, 0.3) is 0 Å². The lowest BCUT2D eigenvalue weighted by Crippen LogP contribution is -2.51. The molecule has 3 heterocycles. The van der Waals surface area contributed by atoms with Crippen molar-refractivity contribution in [3.05, 3.63) is 0 Å². The van der Waals surface area contributed by atoms with E-state index in [1.54, 1.807) is 9.80 Å². The summed E-state index contributed by atoms with van der Waals surface area (Å²) in [5.41, 5.74) is 0. The van der Waals surface area contributed by atoms with Gasteiger partial charge < -0.3 is 35.5 Å². The van der Waals surface area contributed by atoms with Gasteiger partial charge in [0.2, 0.25) is 29.5 Å². The molecule has 2 unspecified atom stereocenters. The maximum Gasteiger partial charge on any atom is 0.305 e. The van der Waals surface area contributed by atoms with Crippen molar-refractivity contribution in [1.29, 1.82) is 0 Å². The summed E-state index contributed by atoms with van der Waals surface area (Å²) in [6.45, 7) is 4.57. The van der Waals surface area contributed by atoms with Gasteiger partial charge in [-0.25, -0.2) is 0 Å². The number of likely N-dealkylation sites (tertiary alicyclic amines) is 3. The lowest BCUT2D eigenvalue weighted by molar-refractivity contribution is -0.144. The van der Waals surface area contributed by atoms with Crippen LogP contribution in [0.5, 0.6) is 0 Å². The zero-order valence-corrected chi connectivity index (χ0v) is 33.2. The van der Waals surface area contributed by atoms with E-state index in [0.29, 0.717) is 36.5 Å². The first-order valence-corrected chi connectivity index (χ1v) is 20.6. The molecule has 3 rings (SSSR count). The third-order valence-corrected chi connectivity index (χ3v) is 9.71. The Morgan fingerprint density at radius 2 is 0.787 bits per heavy atom. The van der Waals surface area contributed by atoms with Gasteiger partial charge >= 0.3 is 11.9 Å². The molecular formula is C30H48I3N5O9. The Morgan fingerprint density at radius 1 is 0.489 bits per heavy atom. The monoisotopic (exact) mass is 1000 g/mol. The van der Waals surface area contributed by atoms with Crippen LogP contribution in [0.3, 0.4) is 0 Å². The van der Waals surface area contributed by atoms with E-state index in [4.69, 9.17) is 10.2 Å². The molecule has 2 atom stereocenters. The normalized spacial score (nSPS) is 17.6. The number of nitrogens with one attached hydrogen (secondary N) is 2. The van der Waals surface area contributed by atoms with E-state index in [-0.39, 0.29) is 45.3 Å². The highest BCUT2D eigenvalue weighted by Gasteiger charge is 2.29. The highest BCUT2D eigenvalue weighted by atomic mass is 127. The van der Waals surface area contributed by atoms with Gasteiger partial charge in [0.05, 0.1) is 26.1 Å². The first-order chi connectivity index (χ1) is 22.4. The van der Waals surface area contributed by atoms with Gasteiger partial charge in [-0.3, -0.25) is 33.6 Å². The molecule has 0 saturated carbocycles. The molecule has 268 valence electrons. The number of carbonyl (C=O) groups is 7. The fourth-order valence-electron chi connectivity index (χ4n) is 5.29. The minimum absolute atomic E-state index is 0.209. The fraction of sp³-hybridized carbons (Fsp3) is 0.767. The number of carboxylic acid groups (broad SMARTS) is 2. The molecule has 4 N–H and O–H groups in total. The lowest BCUT2D eigenvalue weighted by Gasteiger charge is -2.30. The van der Waals surface area contributed by atoms with Gasteiger partial charge in [-0.2, -0.15) is 0 Å². The largest absolute Gasteiger partial charge is 0.481 e. The van der Waals surface area contributed by atoms with Crippen LogP contribution in [0.25, 0.3) is 0 Å². The second kappa shape index (κ2) is 25.5. The number of hydrogen-bond donors (Lipinski definition) is 4. The molecule has 0 aliphatic carbocycles. The zero-order chi connectivity index (χ0) is 35.2. The third kappa shape index (κ3) is 18.7. The number of aliphatic carboxylic acids is 2. The summed E-state index contributed by atoms with van der Waals surface area (Å²) in [5.74, 6) is -3.04. The predicted octanol–water partition coefficient (Wildman–Crippen LogP) is 2.61. The summed E-state index contributed by atoms with van der Waals surface area (Å²) >= 11 is 5.88. The molecule has 3 aliphatic heterocycles. The Labute approximate surface area is 317 Å². The quantitative estimate of drug-likeness (QED) is 0.178. The van der Waals surface area contributed by atoms with E-state index >= 15 is 0 Å².